The van der Waals surface area contributed by atoms with Crippen LogP contribution in [0, 0.1) is 0 Å². The molecule has 0 spiro atoms. The maximum Gasteiger partial charge on any atom is 0.252 e. The standard InChI is InChI=1S/C14H15BrN4O/c1-9(2)12-7-13(20)18-14(17-12)19-16-8-10-3-5-11(15)6-4-10/h3-9H,1-2H3,(H2,17,18,19,20)/b16-8-. The highest BCUT2D eigenvalue weighted by Gasteiger charge is 2.04. The summed E-state index contributed by atoms with van der Waals surface area (Å²) in [6.45, 7) is 3.97. The Morgan fingerprint density at radius 2 is 2.05 bits per heavy atom. The number of nitrogens with zero attached hydrogens (tertiary/aromatic N) is 2. The van der Waals surface area contributed by atoms with E-state index in [4.69, 9.17) is 0 Å². The van der Waals surface area contributed by atoms with Gasteiger partial charge in [0.2, 0.25) is 5.95 Å². The van der Waals surface area contributed by atoms with E-state index in [0.29, 0.717) is 5.95 Å². The van der Waals surface area contributed by atoms with Crippen molar-refractivity contribution in [3.8, 4) is 0 Å². The van der Waals surface area contributed by atoms with E-state index in [-0.39, 0.29) is 11.5 Å². The van der Waals surface area contributed by atoms with Gasteiger partial charge in [0, 0.05) is 10.5 Å². The van der Waals surface area contributed by atoms with Crippen molar-refractivity contribution in [1.29, 1.82) is 0 Å². The normalized spacial score (nSPS) is 11.2. The minimum Gasteiger partial charge on any atom is -0.291 e. The lowest BCUT2D eigenvalue weighted by molar-refractivity contribution is 0.810. The molecule has 2 N–H and O–H groups in total. The van der Waals surface area contributed by atoms with Crippen molar-refractivity contribution in [3.63, 3.8) is 0 Å². The number of rotatable bonds is 4. The molecule has 2 aromatic rings. The molecule has 6 heteroatoms. The smallest absolute Gasteiger partial charge is 0.252 e. The summed E-state index contributed by atoms with van der Waals surface area (Å²) in [4.78, 5) is 18.4. The number of aromatic nitrogens is 2. The van der Waals surface area contributed by atoms with Gasteiger partial charge in [0.1, 0.15) is 0 Å². The third-order valence-electron chi connectivity index (χ3n) is 2.61. The van der Waals surface area contributed by atoms with E-state index in [9.17, 15) is 4.79 Å². The molecule has 0 radical (unpaired) electrons. The summed E-state index contributed by atoms with van der Waals surface area (Å²) in [6, 6.07) is 9.21. The third kappa shape index (κ3) is 4.03. The summed E-state index contributed by atoms with van der Waals surface area (Å²) >= 11 is 3.37. The Kier molecular flexibility index (Phi) is 4.68. The predicted molar refractivity (Wildman–Crippen MR) is 84.3 cm³/mol. The average molecular weight is 335 g/mol. The second-order valence-electron chi connectivity index (χ2n) is 4.60. The van der Waals surface area contributed by atoms with Gasteiger partial charge in [-0.15, -0.1) is 0 Å². The molecule has 0 amide bonds. The van der Waals surface area contributed by atoms with E-state index in [1.54, 1.807) is 6.21 Å². The van der Waals surface area contributed by atoms with Crippen LogP contribution in [0.4, 0.5) is 5.95 Å². The Balaban J connectivity index is 2.10. The topological polar surface area (TPSA) is 70.1 Å². The highest BCUT2D eigenvalue weighted by Crippen LogP contribution is 2.10. The van der Waals surface area contributed by atoms with Crippen molar-refractivity contribution in [3.05, 3.63) is 56.4 Å². The number of hydrazone groups is 1. The number of halogens is 1. The molecule has 0 bridgehead atoms. The lowest BCUT2D eigenvalue weighted by Gasteiger charge is -2.05. The zero-order valence-electron chi connectivity index (χ0n) is 11.2. The van der Waals surface area contributed by atoms with Crippen LogP contribution in [0.5, 0.6) is 0 Å². The van der Waals surface area contributed by atoms with Crippen molar-refractivity contribution in [2.45, 2.75) is 19.8 Å². The Bertz CT molecular complexity index is 662. The number of aromatic amines is 1. The van der Waals surface area contributed by atoms with Crippen LogP contribution in [0.15, 0.2) is 44.7 Å². The van der Waals surface area contributed by atoms with E-state index in [2.05, 4.69) is 36.4 Å². The number of anilines is 1. The molecule has 1 aromatic heterocycles. The van der Waals surface area contributed by atoms with Gasteiger partial charge in [-0.25, -0.2) is 10.4 Å². The van der Waals surface area contributed by atoms with Crippen LogP contribution in [-0.2, 0) is 0 Å². The van der Waals surface area contributed by atoms with Crippen molar-refractivity contribution in [1.82, 2.24) is 9.97 Å². The number of hydrogen-bond donors (Lipinski definition) is 2. The van der Waals surface area contributed by atoms with Gasteiger partial charge in [0.05, 0.1) is 11.9 Å². The maximum absolute atomic E-state index is 11.5. The number of benzene rings is 1. The average Bonchev–Trinajstić information content (AvgIpc) is 2.40. The van der Waals surface area contributed by atoms with Gasteiger partial charge >= 0.3 is 0 Å². The molecular formula is C14H15BrN4O. The number of H-pyrrole nitrogens is 1. The Morgan fingerprint density at radius 3 is 2.70 bits per heavy atom. The first-order chi connectivity index (χ1) is 9.54. The lowest BCUT2D eigenvalue weighted by atomic mass is 10.1. The highest BCUT2D eigenvalue weighted by molar-refractivity contribution is 9.10. The lowest BCUT2D eigenvalue weighted by Crippen LogP contribution is -2.12. The van der Waals surface area contributed by atoms with Crippen LogP contribution < -0.4 is 11.0 Å². The summed E-state index contributed by atoms with van der Waals surface area (Å²) in [6.07, 6.45) is 1.66. The van der Waals surface area contributed by atoms with Crippen LogP contribution in [-0.4, -0.2) is 16.2 Å². The third-order valence-corrected chi connectivity index (χ3v) is 3.14. The molecule has 20 heavy (non-hydrogen) atoms. The molecule has 0 aliphatic carbocycles. The summed E-state index contributed by atoms with van der Waals surface area (Å²) < 4.78 is 1.01. The first-order valence-electron chi connectivity index (χ1n) is 6.20. The Labute approximate surface area is 125 Å². The molecule has 104 valence electrons. The first kappa shape index (κ1) is 14.5. The highest BCUT2D eigenvalue weighted by atomic mass is 79.9. The van der Waals surface area contributed by atoms with Crippen molar-refractivity contribution >= 4 is 28.1 Å². The van der Waals surface area contributed by atoms with Gasteiger partial charge in [-0.3, -0.25) is 9.78 Å². The van der Waals surface area contributed by atoms with Gasteiger partial charge in [-0.1, -0.05) is 41.9 Å². The summed E-state index contributed by atoms with van der Waals surface area (Å²) in [5, 5.41) is 4.06. The second kappa shape index (κ2) is 6.47. The first-order valence-corrected chi connectivity index (χ1v) is 7.00. The van der Waals surface area contributed by atoms with Crippen LogP contribution in [0.1, 0.15) is 31.0 Å². The fourth-order valence-corrected chi connectivity index (χ4v) is 1.81. The van der Waals surface area contributed by atoms with E-state index in [0.717, 1.165) is 15.7 Å². The molecular weight excluding hydrogens is 320 g/mol. The Hall–Kier alpha value is -1.95. The van der Waals surface area contributed by atoms with Gasteiger partial charge in [-0.2, -0.15) is 5.10 Å². The maximum atomic E-state index is 11.5. The molecule has 1 aromatic carbocycles. The molecule has 0 saturated heterocycles. The van der Waals surface area contributed by atoms with Gasteiger partial charge in [0.25, 0.3) is 5.56 Å². The molecule has 0 aliphatic rings. The van der Waals surface area contributed by atoms with Crippen LogP contribution in [0.2, 0.25) is 0 Å². The van der Waals surface area contributed by atoms with Gasteiger partial charge in [-0.05, 0) is 23.6 Å². The number of nitrogens with one attached hydrogen (secondary N) is 2. The molecule has 5 nitrogen and oxygen atoms in total. The fourth-order valence-electron chi connectivity index (χ4n) is 1.54. The molecule has 0 atom stereocenters. The van der Waals surface area contributed by atoms with Crippen molar-refractivity contribution in [2.75, 3.05) is 5.43 Å². The van der Waals surface area contributed by atoms with Gasteiger partial charge < -0.3 is 0 Å². The van der Waals surface area contributed by atoms with Crippen LogP contribution in [0.25, 0.3) is 0 Å². The second-order valence-corrected chi connectivity index (χ2v) is 5.51. The monoisotopic (exact) mass is 334 g/mol. The molecule has 2 rings (SSSR count). The minimum atomic E-state index is -0.190. The molecule has 0 unspecified atom stereocenters. The van der Waals surface area contributed by atoms with Crippen molar-refractivity contribution < 1.29 is 0 Å². The van der Waals surface area contributed by atoms with Crippen molar-refractivity contribution in [2.24, 2.45) is 5.10 Å². The van der Waals surface area contributed by atoms with E-state index in [1.807, 2.05) is 38.1 Å². The zero-order chi connectivity index (χ0) is 14.5. The summed E-state index contributed by atoms with van der Waals surface area (Å²) in [5.41, 5.74) is 4.22. The van der Waals surface area contributed by atoms with E-state index >= 15 is 0 Å². The summed E-state index contributed by atoms with van der Waals surface area (Å²) in [5.74, 6) is 0.530. The summed E-state index contributed by atoms with van der Waals surface area (Å²) in [7, 11) is 0. The number of hydrogen-bond acceptors (Lipinski definition) is 4. The van der Waals surface area contributed by atoms with E-state index < -0.39 is 0 Å². The van der Waals surface area contributed by atoms with Crippen LogP contribution >= 0.6 is 15.9 Å². The molecule has 0 saturated carbocycles. The molecule has 0 aliphatic heterocycles. The largest absolute Gasteiger partial charge is 0.291 e. The fraction of sp³-hybridized carbons (Fsp3) is 0.214. The molecule has 0 fully saturated rings. The minimum absolute atomic E-state index is 0.188. The van der Waals surface area contributed by atoms with Crippen LogP contribution in [0.3, 0.4) is 0 Å². The molecule has 1 heterocycles. The predicted octanol–water partition coefficient (Wildman–Crippen LogP) is 3.10. The van der Waals surface area contributed by atoms with E-state index in [1.165, 1.54) is 6.07 Å². The SMILES string of the molecule is CC(C)c1cc(=O)[nH]c(N/N=C\c2ccc(Br)cc2)n1. The van der Waals surface area contributed by atoms with Gasteiger partial charge in [0.15, 0.2) is 0 Å². The Morgan fingerprint density at radius 1 is 1.35 bits per heavy atom. The quantitative estimate of drug-likeness (QED) is 0.666. The zero-order valence-corrected chi connectivity index (χ0v) is 12.8.